The molecule has 1 nitrogen and oxygen atoms in total. The highest BCUT2D eigenvalue weighted by atomic mass is 35.5. The lowest BCUT2D eigenvalue weighted by molar-refractivity contribution is 0.393. The van der Waals surface area contributed by atoms with Gasteiger partial charge in [0.2, 0.25) is 0 Å². The summed E-state index contributed by atoms with van der Waals surface area (Å²) in [6.45, 7) is 3.26. The molecule has 0 bridgehead atoms. The molecule has 0 saturated carbocycles. The Labute approximate surface area is 88.5 Å². The fourth-order valence-electron chi connectivity index (χ4n) is 1.46. The van der Waals surface area contributed by atoms with Crippen molar-refractivity contribution in [2.24, 2.45) is 0 Å². The van der Waals surface area contributed by atoms with E-state index in [0.29, 0.717) is 5.38 Å². The molecule has 0 spiro atoms. The summed E-state index contributed by atoms with van der Waals surface area (Å²) in [5.41, 5.74) is 0. The summed E-state index contributed by atoms with van der Waals surface area (Å²) in [5, 5.41) is 0.344. The number of rotatable bonds is 8. The predicted molar refractivity (Wildman–Crippen MR) is 61.6 cm³/mol. The molecule has 80 valence electrons. The molecule has 0 heterocycles. The third-order valence-corrected chi connectivity index (χ3v) is 2.54. The largest absolute Gasteiger partial charge is 0.308 e. The minimum Gasteiger partial charge on any atom is -0.308 e. The lowest BCUT2D eigenvalue weighted by Crippen LogP contribution is -2.21. The van der Waals surface area contributed by atoms with Crippen molar-refractivity contribution in [3.63, 3.8) is 0 Å². The van der Waals surface area contributed by atoms with E-state index < -0.39 is 0 Å². The Balaban J connectivity index is 3.12. The van der Waals surface area contributed by atoms with Gasteiger partial charge in [-0.2, -0.15) is 0 Å². The first-order valence-electron chi connectivity index (χ1n) is 5.45. The summed E-state index contributed by atoms with van der Waals surface area (Å²) in [5.74, 6) is 0. The molecule has 0 N–H and O–H groups in total. The minimum absolute atomic E-state index is 0.344. The summed E-state index contributed by atoms with van der Waals surface area (Å²) in [4.78, 5) is 2.16. The van der Waals surface area contributed by atoms with Gasteiger partial charge < -0.3 is 4.90 Å². The first-order valence-corrected chi connectivity index (χ1v) is 5.89. The van der Waals surface area contributed by atoms with Crippen LogP contribution in [0.15, 0.2) is 0 Å². The van der Waals surface area contributed by atoms with E-state index in [2.05, 4.69) is 25.9 Å². The van der Waals surface area contributed by atoms with Crippen LogP contribution in [-0.2, 0) is 0 Å². The number of halogens is 1. The van der Waals surface area contributed by atoms with E-state index in [1.54, 1.807) is 0 Å². The zero-order valence-corrected chi connectivity index (χ0v) is 10.1. The number of unbranched alkanes of at least 4 members (excludes halogenated alkanes) is 4. The monoisotopic (exact) mass is 205 g/mol. The molecule has 0 amide bonds. The average molecular weight is 206 g/mol. The Kier molecular flexibility index (Phi) is 9.00. The van der Waals surface area contributed by atoms with Gasteiger partial charge in [-0.1, -0.05) is 39.0 Å². The van der Waals surface area contributed by atoms with E-state index in [0.717, 1.165) is 6.54 Å². The van der Waals surface area contributed by atoms with Gasteiger partial charge in [0, 0.05) is 11.9 Å². The van der Waals surface area contributed by atoms with Crippen LogP contribution in [0, 0.1) is 0 Å². The molecule has 0 aromatic rings. The van der Waals surface area contributed by atoms with Crippen LogP contribution in [-0.4, -0.2) is 30.9 Å². The SMILES string of the molecule is CCCCCCCC(Cl)CN(C)C. The zero-order valence-electron chi connectivity index (χ0n) is 9.35. The quantitative estimate of drug-likeness (QED) is 0.433. The first-order chi connectivity index (χ1) is 6.16. The van der Waals surface area contributed by atoms with E-state index in [4.69, 9.17) is 11.6 Å². The molecule has 0 radical (unpaired) electrons. The number of alkyl halides is 1. The van der Waals surface area contributed by atoms with Crippen LogP contribution in [0.2, 0.25) is 0 Å². The number of nitrogens with zero attached hydrogens (tertiary/aromatic N) is 1. The maximum absolute atomic E-state index is 6.15. The molecule has 1 unspecified atom stereocenters. The summed E-state index contributed by atoms with van der Waals surface area (Å²) in [6, 6.07) is 0. The third kappa shape index (κ3) is 10.2. The molecular weight excluding hydrogens is 182 g/mol. The van der Waals surface area contributed by atoms with Crippen molar-refractivity contribution in [1.82, 2.24) is 4.90 Å². The van der Waals surface area contributed by atoms with Crippen molar-refractivity contribution in [1.29, 1.82) is 0 Å². The van der Waals surface area contributed by atoms with Gasteiger partial charge in [-0.25, -0.2) is 0 Å². The van der Waals surface area contributed by atoms with Crippen molar-refractivity contribution in [2.75, 3.05) is 20.6 Å². The van der Waals surface area contributed by atoms with E-state index in [1.807, 2.05) is 0 Å². The van der Waals surface area contributed by atoms with Gasteiger partial charge in [0.15, 0.2) is 0 Å². The van der Waals surface area contributed by atoms with Crippen molar-refractivity contribution >= 4 is 11.6 Å². The van der Waals surface area contributed by atoms with E-state index >= 15 is 0 Å². The van der Waals surface area contributed by atoms with Gasteiger partial charge >= 0.3 is 0 Å². The van der Waals surface area contributed by atoms with Crippen molar-refractivity contribution < 1.29 is 0 Å². The highest BCUT2D eigenvalue weighted by Gasteiger charge is 2.04. The Morgan fingerprint density at radius 3 is 2.23 bits per heavy atom. The summed E-state index contributed by atoms with van der Waals surface area (Å²) >= 11 is 6.15. The van der Waals surface area contributed by atoms with Crippen LogP contribution in [0.4, 0.5) is 0 Å². The molecule has 0 rings (SSSR count). The standard InChI is InChI=1S/C11H24ClN/c1-4-5-6-7-8-9-11(12)10-13(2)3/h11H,4-10H2,1-3H3. The van der Waals surface area contributed by atoms with E-state index in [-0.39, 0.29) is 0 Å². The smallest absolute Gasteiger partial charge is 0.0462 e. The fraction of sp³-hybridized carbons (Fsp3) is 1.00. The second-order valence-electron chi connectivity index (χ2n) is 4.06. The van der Waals surface area contributed by atoms with E-state index in [9.17, 15) is 0 Å². The first kappa shape index (κ1) is 13.2. The van der Waals surface area contributed by atoms with Crippen LogP contribution >= 0.6 is 11.6 Å². The van der Waals surface area contributed by atoms with Crippen LogP contribution in [0.1, 0.15) is 45.4 Å². The lowest BCUT2D eigenvalue weighted by atomic mass is 10.1. The molecule has 0 aromatic carbocycles. The van der Waals surface area contributed by atoms with Gasteiger partial charge in [0.05, 0.1) is 0 Å². The maximum atomic E-state index is 6.15. The molecule has 1 atom stereocenters. The summed E-state index contributed by atoms with van der Waals surface area (Å²) < 4.78 is 0. The average Bonchev–Trinajstić information content (AvgIpc) is 2.02. The fourth-order valence-corrected chi connectivity index (χ4v) is 1.89. The third-order valence-electron chi connectivity index (χ3n) is 2.18. The molecule has 2 heteroatoms. The van der Waals surface area contributed by atoms with Crippen molar-refractivity contribution in [3.05, 3.63) is 0 Å². The highest BCUT2D eigenvalue weighted by molar-refractivity contribution is 6.20. The Bertz CT molecular complexity index is 104. The van der Waals surface area contributed by atoms with Crippen molar-refractivity contribution in [3.8, 4) is 0 Å². The van der Waals surface area contributed by atoms with Gasteiger partial charge in [0.25, 0.3) is 0 Å². The number of hydrogen-bond donors (Lipinski definition) is 0. The molecule has 0 fully saturated rings. The molecule has 0 aliphatic rings. The Morgan fingerprint density at radius 1 is 1.08 bits per heavy atom. The molecule has 0 saturated heterocycles. The van der Waals surface area contributed by atoms with Crippen LogP contribution in [0.3, 0.4) is 0 Å². The lowest BCUT2D eigenvalue weighted by Gasteiger charge is -2.14. The highest BCUT2D eigenvalue weighted by Crippen LogP contribution is 2.11. The zero-order chi connectivity index (χ0) is 10.1. The molecule has 0 aliphatic carbocycles. The summed E-state index contributed by atoms with van der Waals surface area (Å²) in [7, 11) is 4.15. The number of hydrogen-bond acceptors (Lipinski definition) is 1. The topological polar surface area (TPSA) is 3.24 Å². The van der Waals surface area contributed by atoms with Gasteiger partial charge in [-0.15, -0.1) is 11.6 Å². The molecule has 13 heavy (non-hydrogen) atoms. The van der Waals surface area contributed by atoms with Crippen LogP contribution < -0.4 is 0 Å². The van der Waals surface area contributed by atoms with E-state index in [1.165, 1.54) is 38.5 Å². The normalized spacial score (nSPS) is 13.6. The second kappa shape index (κ2) is 8.83. The molecule has 0 aromatic heterocycles. The van der Waals surface area contributed by atoms with Crippen LogP contribution in [0.25, 0.3) is 0 Å². The second-order valence-corrected chi connectivity index (χ2v) is 4.68. The molecular formula is C11H24ClN. The summed E-state index contributed by atoms with van der Waals surface area (Å²) in [6.07, 6.45) is 7.89. The minimum atomic E-state index is 0.344. The van der Waals surface area contributed by atoms with Crippen molar-refractivity contribution in [2.45, 2.75) is 50.8 Å². The van der Waals surface area contributed by atoms with Gasteiger partial charge in [0.1, 0.15) is 0 Å². The molecule has 0 aliphatic heterocycles. The Morgan fingerprint density at radius 2 is 1.69 bits per heavy atom. The predicted octanol–water partition coefficient (Wildman–Crippen LogP) is 3.52. The maximum Gasteiger partial charge on any atom is 0.0462 e. The Hall–Kier alpha value is 0.250. The van der Waals surface area contributed by atoms with Gasteiger partial charge in [-0.05, 0) is 20.5 Å². The van der Waals surface area contributed by atoms with Crippen LogP contribution in [0.5, 0.6) is 0 Å². The van der Waals surface area contributed by atoms with Gasteiger partial charge in [-0.3, -0.25) is 0 Å².